The number of hydrogen-bond donors (Lipinski definition) is 1. The molecule has 0 amide bonds. The van der Waals surface area contributed by atoms with Gasteiger partial charge in [-0.25, -0.2) is 9.97 Å². The van der Waals surface area contributed by atoms with Gasteiger partial charge >= 0.3 is 0 Å². The summed E-state index contributed by atoms with van der Waals surface area (Å²) in [5, 5.41) is 4.52. The Hall–Kier alpha value is -3.44. The average Bonchev–Trinajstić information content (AvgIpc) is 3.17. The zero-order valence-electron chi connectivity index (χ0n) is 16.4. The normalized spacial score (nSPS) is 11.0. The van der Waals surface area contributed by atoms with Crippen LogP contribution < -0.4 is 5.32 Å². The molecule has 0 radical (unpaired) electrons. The second kappa shape index (κ2) is 7.76. The number of anilines is 2. The fourth-order valence-electron chi connectivity index (χ4n) is 3.63. The van der Waals surface area contributed by atoms with Gasteiger partial charge in [-0.15, -0.1) is 0 Å². The summed E-state index contributed by atoms with van der Waals surface area (Å²) in [6, 6.07) is 26.8. The van der Waals surface area contributed by atoms with E-state index in [1.54, 1.807) is 6.33 Å². The maximum atomic E-state index is 4.65. The van der Waals surface area contributed by atoms with Gasteiger partial charge in [0.2, 0.25) is 0 Å². The second-order valence-electron chi connectivity index (χ2n) is 7.12. The minimum atomic E-state index is 0.795. The van der Waals surface area contributed by atoms with Crippen LogP contribution in [0.4, 0.5) is 11.5 Å². The number of para-hydroxylation sites is 1. The van der Waals surface area contributed by atoms with Crippen LogP contribution in [0.3, 0.4) is 0 Å². The third-order valence-electron chi connectivity index (χ3n) is 5.17. The van der Waals surface area contributed by atoms with E-state index >= 15 is 0 Å². The lowest BCUT2D eigenvalue weighted by Crippen LogP contribution is -1.99. The van der Waals surface area contributed by atoms with Crippen molar-refractivity contribution in [2.75, 3.05) is 5.32 Å². The minimum absolute atomic E-state index is 0.795. The lowest BCUT2D eigenvalue weighted by atomic mass is 10.1. The summed E-state index contributed by atoms with van der Waals surface area (Å²) in [5.74, 6) is 0.795. The Labute approximate surface area is 183 Å². The van der Waals surface area contributed by atoms with Gasteiger partial charge in [0, 0.05) is 27.6 Å². The number of hydrogen-bond acceptors (Lipinski definition) is 3. The van der Waals surface area contributed by atoms with E-state index in [1.165, 1.54) is 0 Å². The minimum Gasteiger partial charge on any atom is -0.339 e. The van der Waals surface area contributed by atoms with Crippen LogP contribution in [0.15, 0.2) is 95.9 Å². The highest BCUT2D eigenvalue weighted by Crippen LogP contribution is 2.36. The molecule has 0 fully saturated rings. The summed E-state index contributed by atoms with van der Waals surface area (Å²) in [4.78, 5) is 9.26. The Balaban J connectivity index is 1.76. The SMILES string of the molecule is Cc1ccccc1Nc1ncnc2c1c(-c1ccccc1)cn2-c1ccc(Br)cc1. The molecule has 5 rings (SSSR count). The lowest BCUT2D eigenvalue weighted by Gasteiger charge is -2.11. The molecule has 1 N–H and O–H groups in total. The topological polar surface area (TPSA) is 42.7 Å². The third-order valence-corrected chi connectivity index (χ3v) is 5.70. The Kier molecular flexibility index (Phi) is 4.81. The Morgan fingerprint density at radius 3 is 2.33 bits per heavy atom. The molecule has 5 aromatic rings. The first-order chi connectivity index (χ1) is 14.7. The van der Waals surface area contributed by atoms with E-state index < -0.39 is 0 Å². The van der Waals surface area contributed by atoms with E-state index in [1.807, 2.05) is 30.3 Å². The van der Waals surface area contributed by atoms with Crippen molar-refractivity contribution >= 4 is 38.5 Å². The van der Waals surface area contributed by atoms with Gasteiger partial charge in [0.25, 0.3) is 0 Å². The highest BCUT2D eigenvalue weighted by Gasteiger charge is 2.17. The molecule has 30 heavy (non-hydrogen) atoms. The zero-order chi connectivity index (χ0) is 20.5. The van der Waals surface area contributed by atoms with Gasteiger partial charge in [0.15, 0.2) is 5.65 Å². The summed E-state index contributed by atoms with van der Waals surface area (Å²) >= 11 is 3.52. The molecule has 4 nitrogen and oxygen atoms in total. The number of halogens is 1. The smallest absolute Gasteiger partial charge is 0.150 e. The van der Waals surface area contributed by atoms with Gasteiger partial charge in [0.05, 0.1) is 5.39 Å². The molecule has 0 bridgehead atoms. The standard InChI is InChI=1S/C25H19BrN4/c1-17-7-5-6-10-22(17)29-24-23-21(18-8-3-2-4-9-18)15-30(25(23)28-16-27-24)20-13-11-19(26)12-14-20/h2-16H,1H3,(H,27,28,29). The number of aryl methyl sites for hydroxylation is 1. The maximum absolute atomic E-state index is 4.65. The molecular formula is C25H19BrN4. The van der Waals surface area contributed by atoms with E-state index in [2.05, 4.69) is 97.4 Å². The molecule has 0 saturated carbocycles. The van der Waals surface area contributed by atoms with Crippen LogP contribution in [0.25, 0.3) is 27.8 Å². The number of aromatic nitrogens is 3. The third kappa shape index (κ3) is 3.37. The number of nitrogens with one attached hydrogen (secondary N) is 1. The Bertz CT molecular complexity index is 1320. The molecule has 0 saturated heterocycles. The molecule has 0 aliphatic rings. The van der Waals surface area contributed by atoms with Crippen LogP contribution in [0.5, 0.6) is 0 Å². The van der Waals surface area contributed by atoms with Crippen molar-refractivity contribution in [1.29, 1.82) is 0 Å². The van der Waals surface area contributed by atoms with Crippen molar-refractivity contribution in [3.8, 4) is 16.8 Å². The summed E-state index contributed by atoms with van der Waals surface area (Å²) in [5.41, 5.74) is 6.32. The fourth-order valence-corrected chi connectivity index (χ4v) is 3.90. The van der Waals surface area contributed by atoms with Crippen molar-refractivity contribution in [3.63, 3.8) is 0 Å². The van der Waals surface area contributed by atoms with Gasteiger partial charge in [0.1, 0.15) is 12.1 Å². The van der Waals surface area contributed by atoms with Gasteiger partial charge in [-0.2, -0.15) is 0 Å². The van der Waals surface area contributed by atoms with Gasteiger partial charge < -0.3 is 9.88 Å². The summed E-state index contributed by atoms with van der Waals surface area (Å²) in [6.45, 7) is 2.09. The second-order valence-corrected chi connectivity index (χ2v) is 8.03. The zero-order valence-corrected chi connectivity index (χ0v) is 18.0. The first-order valence-corrected chi connectivity index (χ1v) is 10.5. The predicted octanol–water partition coefficient (Wildman–Crippen LogP) is 6.90. The van der Waals surface area contributed by atoms with E-state index in [-0.39, 0.29) is 0 Å². The van der Waals surface area contributed by atoms with Crippen molar-refractivity contribution in [2.45, 2.75) is 6.92 Å². The van der Waals surface area contributed by atoms with Gasteiger partial charge in [-0.1, -0.05) is 64.5 Å². The molecule has 3 aromatic carbocycles. The van der Waals surface area contributed by atoms with Crippen LogP contribution >= 0.6 is 15.9 Å². The lowest BCUT2D eigenvalue weighted by molar-refractivity contribution is 1.08. The number of benzene rings is 3. The van der Waals surface area contributed by atoms with E-state index in [9.17, 15) is 0 Å². The van der Waals surface area contributed by atoms with Crippen molar-refractivity contribution < 1.29 is 0 Å². The highest BCUT2D eigenvalue weighted by atomic mass is 79.9. The largest absolute Gasteiger partial charge is 0.339 e. The summed E-state index contributed by atoms with van der Waals surface area (Å²) < 4.78 is 3.16. The molecule has 2 aromatic heterocycles. The first kappa shape index (κ1) is 18.6. The van der Waals surface area contributed by atoms with Gasteiger partial charge in [-0.05, 0) is 48.4 Å². The molecule has 0 aliphatic carbocycles. The number of rotatable bonds is 4. The maximum Gasteiger partial charge on any atom is 0.150 e. The molecule has 0 spiro atoms. The molecule has 0 unspecified atom stereocenters. The van der Waals surface area contributed by atoms with Crippen molar-refractivity contribution in [2.24, 2.45) is 0 Å². The molecular weight excluding hydrogens is 436 g/mol. The molecule has 0 aliphatic heterocycles. The summed E-state index contributed by atoms with van der Waals surface area (Å²) in [6.07, 6.45) is 3.76. The molecule has 146 valence electrons. The molecule has 5 heteroatoms. The van der Waals surface area contributed by atoms with Crippen LogP contribution in [0.1, 0.15) is 5.56 Å². The van der Waals surface area contributed by atoms with Crippen LogP contribution in [-0.2, 0) is 0 Å². The quantitative estimate of drug-likeness (QED) is 0.321. The van der Waals surface area contributed by atoms with E-state index in [4.69, 9.17) is 0 Å². The van der Waals surface area contributed by atoms with Crippen molar-refractivity contribution in [3.05, 3.63) is 101 Å². The average molecular weight is 455 g/mol. The summed E-state index contributed by atoms with van der Waals surface area (Å²) in [7, 11) is 0. The number of fused-ring (bicyclic) bond motifs is 1. The fraction of sp³-hybridized carbons (Fsp3) is 0.0400. The highest BCUT2D eigenvalue weighted by molar-refractivity contribution is 9.10. The molecule has 0 atom stereocenters. The first-order valence-electron chi connectivity index (χ1n) is 9.71. The van der Waals surface area contributed by atoms with E-state index in [0.29, 0.717) is 0 Å². The Morgan fingerprint density at radius 1 is 0.833 bits per heavy atom. The van der Waals surface area contributed by atoms with Gasteiger partial charge in [-0.3, -0.25) is 0 Å². The van der Waals surface area contributed by atoms with Crippen molar-refractivity contribution in [1.82, 2.24) is 14.5 Å². The van der Waals surface area contributed by atoms with Crippen LogP contribution in [0, 0.1) is 6.92 Å². The monoisotopic (exact) mass is 454 g/mol. The van der Waals surface area contributed by atoms with E-state index in [0.717, 1.165) is 49.4 Å². The van der Waals surface area contributed by atoms with Crippen LogP contribution in [-0.4, -0.2) is 14.5 Å². The number of nitrogens with zero attached hydrogens (tertiary/aromatic N) is 3. The van der Waals surface area contributed by atoms with Crippen LogP contribution in [0.2, 0.25) is 0 Å². The molecule has 2 heterocycles. The Morgan fingerprint density at radius 2 is 1.57 bits per heavy atom. The predicted molar refractivity (Wildman–Crippen MR) is 126 cm³/mol.